The summed E-state index contributed by atoms with van der Waals surface area (Å²) in [6.07, 6.45) is -2.73. The van der Waals surface area contributed by atoms with Crippen LogP contribution in [-0.2, 0) is 11.0 Å². The van der Waals surface area contributed by atoms with Crippen LogP contribution in [0, 0.1) is 5.82 Å². The van der Waals surface area contributed by atoms with E-state index < -0.39 is 11.7 Å². The molecule has 170 valence electrons. The maximum Gasteiger partial charge on any atom is 0.416 e. The number of halogens is 4. The molecule has 0 aliphatic carbocycles. The van der Waals surface area contributed by atoms with Gasteiger partial charge in [-0.05, 0) is 55.6 Å². The maximum atomic E-state index is 14.1. The zero-order valence-corrected chi connectivity index (χ0v) is 18.3. The van der Waals surface area contributed by atoms with Crippen molar-refractivity contribution in [3.05, 3.63) is 64.3 Å². The number of piperazine rings is 1. The number of rotatable bonds is 3. The average Bonchev–Trinajstić information content (AvgIpc) is 2.76. The monoisotopic (exact) mass is 465 g/mol. The Morgan fingerprint density at radius 2 is 1.66 bits per heavy atom. The van der Waals surface area contributed by atoms with Crippen LogP contribution >= 0.6 is 11.8 Å². The van der Waals surface area contributed by atoms with Crippen LogP contribution in [0.1, 0.15) is 11.1 Å². The van der Waals surface area contributed by atoms with Gasteiger partial charge in [-0.1, -0.05) is 0 Å². The van der Waals surface area contributed by atoms with Crippen molar-refractivity contribution in [3.63, 3.8) is 0 Å². The van der Waals surface area contributed by atoms with Crippen LogP contribution in [0.2, 0.25) is 0 Å². The first kappa shape index (κ1) is 22.7. The second kappa shape index (κ2) is 9.15. The minimum Gasteiger partial charge on any atom is -0.368 e. The van der Waals surface area contributed by atoms with Crippen LogP contribution in [0.5, 0.6) is 0 Å². The third kappa shape index (κ3) is 4.94. The summed E-state index contributed by atoms with van der Waals surface area (Å²) in [6, 6.07) is 9.15. The van der Waals surface area contributed by atoms with Crippen LogP contribution in [0.15, 0.2) is 47.4 Å². The van der Waals surface area contributed by atoms with Gasteiger partial charge in [-0.3, -0.25) is 4.79 Å². The molecule has 2 aromatic rings. The number of amides is 1. The lowest BCUT2D eigenvalue weighted by Crippen LogP contribution is -2.44. The van der Waals surface area contributed by atoms with E-state index in [-0.39, 0.29) is 11.7 Å². The standard InChI is InChI=1S/C23H23F4N3OS/c1-28-8-10-29(11-9-28)20-7-4-18(24)14-16(20)15-21-22(31)30(12-13-32-21)19-5-2-17(3-6-19)23(25,26)27/h2-7,14-15H,8-13H2,1H3/b21-15-. The summed E-state index contributed by atoms with van der Waals surface area (Å²) >= 11 is 1.37. The topological polar surface area (TPSA) is 26.8 Å². The highest BCUT2D eigenvalue weighted by Gasteiger charge is 2.31. The van der Waals surface area contributed by atoms with Gasteiger partial charge in [0, 0.05) is 55.4 Å². The fourth-order valence-electron chi connectivity index (χ4n) is 3.84. The number of thioether (sulfide) groups is 1. The summed E-state index contributed by atoms with van der Waals surface area (Å²) < 4.78 is 52.6. The fourth-order valence-corrected chi connectivity index (χ4v) is 4.78. The molecule has 2 fully saturated rings. The van der Waals surface area contributed by atoms with E-state index in [0.717, 1.165) is 44.0 Å². The van der Waals surface area contributed by atoms with E-state index in [9.17, 15) is 22.4 Å². The molecule has 0 N–H and O–H groups in total. The minimum atomic E-state index is -4.43. The van der Waals surface area contributed by atoms with Crippen molar-refractivity contribution >= 4 is 35.1 Å². The quantitative estimate of drug-likeness (QED) is 0.484. The number of hydrogen-bond acceptors (Lipinski definition) is 4. The molecule has 0 atom stereocenters. The largest absolute Gasteiger partial charge is 0.416 e. The molecule has 0 bridgehead atoms. The minimum absolute atomic E-state index is 0.297. The van der Waals surface area contributed by atoms with Gasteiger partial charge in [0.2, 0.25) is 0 Å². The number of likely N-dealkylation sites (N-methyl/N-ethyl adjacent to an activating group) is 1. The zero-order valence-electron chi connectivity index (χ0n) is 17.5. The lowest BCUT2D eigenvalue weighted by molar-refractivity contribution is -0.137. The molecule has 0 radical (unpaired) electrons. The molecular formula is C23H23F4N3OS. The first-order valence-corrected chi connectivity index (χ1v) is 11.3. The number of nitrogens with zero attached hydrogens (tertiary/aromatic N) is 3. The molecule has 0 unspecified atom stereocenters. The van der Waals surface area contributed by atoms with Crippen LogP contribution in [0.25, 0.3) is 6.08 Å². The molecule has 2 aliphatic rings. The first-order valence-electron chi connectivity index (χ1n) is 10.3. The van der Waals surface area contributed by atoms with E-state index in [2.05, 4.69) is 16.8 Å². The number of carbonyl (C=O) groups excluding carboxylic acids is 1. The molecule has 4 rings (SSSR count). The van der Waals surface area contributed by atoms with Gasteiger partial charge in [0.15, 0.2) is 0 Å². The average molecular weight is 466 g/mol. The van der Waals surface area contributed by atoms with E-state index in [1.54, 1.807) is 12.1 Å². The van der Waals surface area contributed by atoms with E-state index in [4.69, 9.17) is 0 Å². The molecule has 2 saturated heterocycles. The Kier molecular flexibility index (Phi) is 6.48. The highest BCUT2D eigenvalue weighted by molar-refractivity contribution is 8.04. The Balaban J connectivity index is 1.61. The van der Waals surface area contributed by atoms with E-state index >= 15 is 0 Å². The molecule has 32 heavy (non-hydrogen) atoms. The van der Waals surface area contributed by atoms with Crippen molar-refractivity contribution in [1.82, 2.24) is 4.90 Å². The smallest absolute Gasteiger partial charge is 0.368 e. The maximum absolute atomic E-state index is 14.1. The Morgan fingerprint density at radius 1 is 0.969 bits per heavy atom. The van der Waals surface area contributed by atoms with Crippen LogP contribution in [0.4, 0.5) is 28.9 Å². The van der Waals surface area contributed by atoms with Crippen LogP contribution in [0.3, 0.4) is 0 Å². The molecule has 0 saturated carbocycles. The predicted octanol–water partition coefficient (Wildman–Crippen LogP) is 4.72. The summed E-state index contributed by atoms with van der Waals surface area (Å²) in [5.41, 5.74) is 1.15. The summed E-state index contributed by atoms with van der Waals surface area (Å²) in [6.45, 7) is 3.78. The highest BCUT2D eigenvalue weighted by Crippen LogP contribution is 2.34. The van der Waals surface area contributed by atoms with Crippen molar-refractivity contribution in [1.29, 1.82) is 0 Å². The number of alkyl halides is 3. The van der Waals surface area contributed by atoms with Gasteiger partial charge < -0.3 is 14.7 Å². The zero-order chi connectivity index (χ0) is 22.9. The summed E-state index contributed by atoms with van der Waals surface area (Å²) in [5.74, 6) is -0.0882. The van der Waals surface area contributed by atoms with Crippen molar-refractivity contribution in [3.8, 4) is 0 Å². The van der Waals surface area contributed by atoms with Gasteiger partial charge in [-0.25, -0.2) is 4.39 Å². The van der Waals surface area contributed by atoms with E-state index in [1.165, 1.54) is 40.9 Å². The Bertz CT molecular complexity index is 1010. The molecule has 9 heteroatoms. The van der Waals surface area contributed by atoms with E-state index in [0.29, 0.717) is 28.5 Å². The first-order chi connectivity index (χ1) is 15.2. The molecule has 2 aliphatic heterocycles. The van der Waals surface area contributed by atoms with Crippen molar-refractivity contribution < 1.29 is 22.4 Å². The highest BCUT2D eigenvalue weighted by atomic mass is 32.2. The van der Waals surface area contributed by atoms with Crippen molar-refractivity contribution in [2.24, 2.45) is 0 Å². The number of hydrogen-bond donors (Lipinski definition) is 0. The van der Waals surface area contributed by atoms with Gasteiger partial charge in [0.05, 0.1) is 10.5 Å². The second-order valence-corrected chi connectivity index (χ2v) is 8.99. The number of anilines is 2. The Labute approximate surface area is 188 Å². The third-order valence-electron chi connectivity index (χ3n) is 5.65. The molecular weight excluding hydrogens is 442 g/mol. The number of carbonyl (C=O) groups is 1. The van der Waals surface area contributed by atoms with Crippen molar-refractivity contribution in [2.75, 3.05) is 55.3 Å². The van der Waals surface area contributed by atoms with Crippen molar-refractivity contribution in [2.45, 2.75) is 6.18 Å². The molecule has 2 heterocycles. The van der Waals surface area contributed by atoms with Gasteiger partial charge in [-0.15, -0.1) is 11.8 Å². The summed E-state index contributed by atoms with van der Waals surface area (Å²) in [4.78, 5) is 19.4. The normalized spacial score (nSPS) is 19.7. The van der Waals surface area contributed by atoms with Gasteiger partial charge in [0.25, 0.3) is 5.91 Å². The molecule has 4 nitrogen and oxygen atoms in total. The molecule has 1 amide bonds. The Morgan fingerprint density at radius 3 is 2.31 bits per heavy atom. The lowest BCUT2D eigenvalue weighted by atomic mass is 10.1. The van der Waals surface area contributed by atoms with Crippen LogP contribution < -0.4 is 9.80 Å². The van der Waals surface area contributed by atoms with Gasteiger partial charge in [-0.2, -0.15) is 13.2 Å². The summed E-state index contributed by atoms with van der Waals surface area (Å²) in [5, 5.41) is 0. The van der Waals surface area contributed by atoms with Gasteiger partial charge >= 0.3 is 6.18 Å². The fraction of sp³-hybridized carbons (Fsp3) is 0.348. The summed E-state index contributed by atoms with van der Waals surface area (Å²) in [7, 11) is 2.05. The van der Waals surface area contributed by atoms with Gasteiger partial charge in [0.1, 0.15) is 5.82 Å². The predicted molar refractivity (Wildman–Crippen MR) is 120 cm³/mol. The second-order valence-electron chi connectivity index (χ2n) is 7.85. The van der Waals surface area contributed by atoms with E-state index in [1.807, 2.05) is 0 Å². The molecule has 0 aromatic heterocycles. The Hall–Kier alpha value is -2.52. The molecule has 2 aromatic carbocycles. The number of benzene rings is 2. The lowest BCUT2D eigenvalue weighted by Gasteiger charge is -2.35. The third-order valence-corrected chi connectivity index (χ3v) is 6.65. The SMILES string of the molecule is CN1CCN(c2ccc(F)cc2/C=C2\SCCN(c3ccc(C(F)(F)F)cc3)C2=O)CC1. The molecule has 0 spiro atoms. The van der Waals surface area contributed by atoms with Crippen LogP contribution in [-0.4, -0.2) is 56.3 Å².